The van der Waals surface area contributed by atoms with Gasteiger partial charge >= 0.3 is 12.1 Å². The van der Waals surface area contributed by atoms with E-state index in [1.54, 1.807) is 6.07 Å². The lowest BCUT2D eigenvalue weighted by Gasteiger charge is -2.29. The van der Waals surface area contributed by atoms with E-state index in [1.165, 1.54) is 6.07 Å². The van der Waals surface area contributed by atoms with Crippen molar-refractivity contribution in [1.29, 1.82) is 5.26 Å². The number of hydrogen-bond donors (Lipinski definition) is 2. The molecule has 8 heteroatoms. The van der Waals surface area contributed by atoms with Crippen LogP contribution in [0.4, 0.5) is 18.9 Å². The van der Waals surface area contributed by atoms with Crippen molar-refractivity contribution in [3.8, 4) is 6.07 Å². The second-order valence-electron chi connectivity index (χ2n) is 3.85. The van der Waals surface area contributed by atoms with Crippen molar-refractivity contribution < 1.29 is 23.1 Å². The van der Waals surface area contributed by atoms with Crippen molar-refractivity contribution in [1.82, 2.24) is 0 Å². The molecule has 0 aliphatic heterocycles. The Labute approximate surface area is 111 Å². The zero-order chi connectivity index (χ0) is 14.8. The first kappa shape index (κ1) is 15.1. The predicted molar refractivity (Wildman–Crippen MR) is 61.9 cm³/mol. The fourth-order valence-corrected chi connectivity index (χ4v) is 1.41. The van der Waals surface area contributed by atoms with Crippen LogP contribution in [0.3, 0.4) is 0 Å². The molecule has 0 aromatic heterocycles. The van der Waals surface area contributed by atoms with Crippen LogP contribution >= 0.6 is 11.6 Å². The van der Waals surface area contributed by atoms with Crippen LogP contribution in [0.15, 0.2) is 18.2 Å². The number of rotatable bonds is 3. The number of anilines is 1. The van der Waals surface area contributed by atoms with Crippen molar-refractivity contribution in [2.45, 2.75) is 18.6 Å². The Morgan fingerprint density at radius 3 is 2.47 bits per heavy atom. The molecule has 1 atom stereocenters. The standard InChI is InChI=1S/C11H8ClF3N2O2/c1-10(9(18)19,11(13,14)15)17-8-3-2-7(12)4-6(8)5-16/h2-4,17H,1H3,(H,18,19). The van der Waals surface area contributed by atoms with Crippen molar-refractivity contribution in [3.63, 3.8) is 0 Å². The van der Waals surface area contributed by atoms with Crippen LogP contribution in [-0.4, -0.2) is 22.8 Å². The molecule has 4 nitrogen and oxygen atoms in total. The molecule has 2 N–H and O–H groups in total. The van der Waals surface area contributed by atoms with E-state index in [0.29, 0.717) is 6.92 Å². The van der Waals surface area contributed by atoms with Gasteiger partial charge in [-0.3, -0.25) is 0 Å². The quantitative estimate of drug-likeness (QED) is 0.898. The molecule has 102 valence electrons. The Morgan fingerprint density at radius 1 is 1.47 bits per heavy atom. The third-order valence-electron chi connectivity index (χ3n) is 2.48. The predicted octanol–water partition coefficient (Wildman–Crippen LogP) is 3.03. The fraction of sp³-hybridized carbons (Fsp3) is 0.273. The van der Waals surface area contributed by atoms with E-state index in [4.69, 9.17) is 22.0 Å². The van der Waals surface area contributed by atoms with Gasteiger partial charge in [0.2, 0.25) is 5.54 Å². The van der Waals surface area contributed by atoms with Crippen LogP contribution in [0.2, 0.25) is 5.02 Å². The maximum Gasteiger partial charge on any atom is 0.422 e. The second kappa shape index (κ2) is 4.97. The number of carbonyl (C=O) groups is 1. The summed E-state index contributed by atoms with van der Waals surface area (Å²) in [6.45, 7) is 0.477. The summed E-state index contributed by atoms with van der Waals surface area (Å²) in [6.07, 6.45) is -5.04. The minimum absolute atomic E-state index is 0.158. The highest BCUT2D eigenvalue weighted by molar-refractivity contribution is 6.30. The van der Waals surface area contributed by atoms with Gasteiger partial charge in [0, 0.05) is 5.02 Å². The smallest absolute Gasteiger partial charge is 0.422 e. The maximum absolute atomic E-state index is 12.8. The lowest BCUT2D eigenvalue weighted by atomic mass is 10.0. The first-order valence-corrected chi connectivity index (χ1v) is 5.27. The van der Waals surface area contributed by atoms with E-state index in [0.717, 1.165) is 12.1 Å². The van der Waals surface area contributed by atoms with Gasteiger partial charge in [-0.15, -0.1) is 0 Å². The molecule has 0 aliphatic rings. The number of nitrogens with zero attached hydrogens (tertiary/aromatic N) is 1. The molecule has 1 unspecified atom stereocenters. The third kappa shape index (κ3) is 2.90. The summed E-state index contributed by atoms with van der Waals surface area (Å²) in [5, 5.41) is 19.6. The summed E-state index contributed by atoms with van der Waals surface area (Å²) in [4.78, 5) is 10.8. The SMILES string of the molecule is CC(Nc1ccc(Cl)cc1C#N)(C(=O)O)C(F)(F)F. The molecule has 0 amide bonds. The molecule has 0 bridgehead atoms. The van der Waals surface area contributed by atoms with Gasteiger partial charge in [-0.1, -0.05) is 11.6 Å². The normalized spacial score (nSPS) is 14.3. The second-order valence-corrected chi connectivity index (χ2v) is 4.29. The van der Waals surface area contributed by atoms with Gasteiger partial charge in [-0.2, -0.15) is 18.4 Å². The number of benzene rings is 1. The molecule has 0 aliphatic carbocycles. The number of hydrogen-bond acceptors (Lipinski definition) is 3. The number of nitrogens with one attached hydrogen (secondary N) is 1. The molecule has 0 fully saturated rings. The summed E-state index contributed by atoms with van der Waals surface area (Å²) < 4.78 is 38.4. The number of aliphatic carboxylic acids is 1. The summed E-state index contributed by atoms with van der Waals surface area (Å²) >= 11 is 5.60. The highest BCUT2D eigenvalue weighted by Gasteiger charge is 2.57. The van der Waals surface area contributed by atoms with E-state index < -0.39 is 17.7 Å². The average molecular weight is 293 g/mol. The first-order chi connectivity index (χ1) is 8.61. The van der Waals surface area contributed by atoms with Gasteiger partial charge in [0.05, 0.1) is 11.3 Å². The highest BCUT2D eigenvalue weighted by atomic mass is 35.5. The number of alkyl halides is 3. The molecular formula is C11H8ClF3N2O2. The summed E-state index contributed by atoms with van der Waals surface area (Å²) in [5.74, 6) is -2.10. The molecule has 1 rings (SSSR count). The van der Waals surface area contributed by atoms with E-state index >= 15 is 0 Å². The topological polar surface area (TPSA) is 73.1 Å². The molecule has 0 spiro atoms. The Kier molecular flexibility index (Phi) is 3.96. The lowest BCUT2D eigenvalue weighted by molar-refractivity contribution is -0.192. The Hall–Kier alpha value is -1.94. The summed E-state index contributed by atoms with van der Waals surface area (Å²) in [5.41, 5.74) is -3.63. The van der Waals surface area contributed by atoms with E-state index in [9.17, 15) is 18.0 Å². The number of halogens is 4. The number of carboxylic acids is 1. The molecular weight excluding hydrogens is 285 g/mol. The van der Waals surface area contributed by atoms with Gasteiger partial charge in [-0.25, -0.2) is 4.79 Å². The van der Waals surface area contributed by atoms with Crippen LogP contribution < -0.4 is 5.32 Å². The highest BCUT2D eigenvalue weighted by Crippen LogP contribution is 2.35. The van der Waals surface area contributed by atoms with Crippen molar-refractivity contribution in [2.24, 2.45) is 0 Å². The van der Waals surface area contributed by atoms with E-state index in [2.05, 4.69) is 0 Å². The first-order valence-electron chi connectivity index (χ1n) is 4.90. The molecule has 0 saturated heterocycles. The maximum atomic E-state index is 12.8. The summed E-state index contributed by atoms with van der Waals surface area (Å²) in [6, 6.07) is 5.16. The molecule has 1 aromatic rings. The minimum Gasteiger partial charge on any atom is -0.479 e. The molecule has 0 saturated carbocycles. The van der Waals surface area contributed by atoms with Gasteiger partial charge in [0.25, 0.3) is 0 Å². The fourth-order valence-electron chi connectivity index (χ4n) is 1.23. The van der Waals surface area contributed by atoms with Gasteiger partial charge in [-0.05, 0) is 25.1 Å². The zero-order valence-corrected chi connectivity index (χ0v) is 10.3. The van der Waals surface area contributed by atoms with Crippen LogP contribution in [0.25, 0.3) is 0 Å². The van der Waals surface area contributed by atoms with Crippen LogP contribution in [0, 0.1) is 11.3 Å². The van der Waals surface area contributed by atoms with Crippen LogP contribution in [-0.2, 0) is 4.79 Å². The van der Waals surface area contributed by atoms with E-state index in [-0.39, 0.29) is 16.3 Å². The van der Waals surface area contributed by atoms with Gasteiger partial charge in [0.15, 0.2) is 0 Å². The number of nitriles is 1. The molecule has 0 radical (unpaired) electrons. The Morgan fingerprint density at radius 2 is 2.05 bits per heavy atom. The minimum atomic E-state index is -5.04. The van der Waals surface area contributed by atoms with Crippen molar-refractivity contribution in [2.75, 3.05) is 5.32 Å². The van der Waals surface area contributed by atoms with Crippen molar-refractivity contribution >= 4 is 23.3 Å². The Balaban J connectivity index is 3.27. The van der Waals surface area contributed by atoms with Gasteiger partial charge < -0.3 is 10.4 Å². The zero-order valence-electron chi connectivity index (χ0n) is 9.55. The third-order valence-corrected chi connectivity index (χ3v) is 2.72. The van der Waals surface area contributed by atoms with E-state index in [1.807, 2.05) is 5.32 Å². The Bertz CT molecular complexity index is 554. The lowest BCUT2D eigenvalue weighted by Crippen LogP contribution is -2.55. The largest absolute Gasteiger partial charge is 0.479 e. The van der Waals surface area contributed by atoms with Crippen molar-refractivity contribution in [3.05, 3.63) is 28.8 Å². The van der Waals surface area contributed by atoms with Crippen LogP contribution in [0.1, 0.15) is 12.5 Å². The molecule has 0 heterocycles. The molecule has 19 heavy (non-hydrogen) atoms. The average Bonchev–Trinajstić information content (AvgIpc) is 2.29. The summed E-state index contributed by atoms with van der Waals surface area (Å²) in [7, 11) is 0. The number of carboxylic acid groups (broad SMARTS) is 1. The van der Waals surface area contributed by atoms with Crippen LogP contribution in [0.5, 0.6) is 0 Å². The molecule has 1 aromatic carbocycles. The van der Waals surface area contributed by atoms with Gasteiger partial charge in [0.1, 0.15) is 6.07 Å². The monoisotopic (exact) mass is 292 g/mol.